The molecule has 14 heteroatoms. The van der Waals surface area contributed by atoms with Crippen LogP contribution in [0.3, 0.4) is 0 Å². The number of carbonyl (C=O) groups excluding carboxylic acids is 3. The van der Waals surface area contributed by atoms with E-state index in [2.05, 4.69) is 26.1 Å². The summed E-state index contributed by atoms with van der Waals surface area (Å²) in [5.41, 5.74) is -5.41. The standard InChI is InChI=1S/C44H61NO12Si/c1-9-58(10-2,11-3)57-30-22-31-43(24-54-31,56-26(5)46)36-38(50)44(53)23-29(25(4)32(41(44,6)7)34(47)37(49)42(30,36)8)55-40(52)35(48)33(27-18-14-12-15-19-27)45-39(51)28-20-16-13-17-21-28/h12-21,29-31,33-38,47-50,53H,9-11,22-24H2,1-8H3,(H,45,51)/t29-,30?,31+,33-,34-,35+,36?,37-,38-,42+,43-,44+/m0/s1. The molecule has 318 valence electrons. The van der Waals surface area contributed by atoms with Crippen LogP contribution in [0.5, 0.6) is 0 Å². The topological polar surface area (TPSA) is 201 Å². The molecular weight excluding hydrogens is 763 g/mol. The van der Waals surface area contributed by atoms with Crippen molar-refractivity contribution in [2.75, 3.05) is 6.61 Å². The zero-order valence-corrected chi connectivity index (χ0v) is 35.8. The van der Waals surface area contributed by atoms with Gasteiger partial charge in [-0.15, -0.1) is 0 Å². The number of esters is 2. The molecule has 0 radical (unpaired) electrons. The number of hydrogen-bond donors (Lipinski definition) is 6. The lowest BCUT2D eigenvalue weighted by Crippen LogP contribution is -2.82. The van der Waals surface area contributed by atoms with Gasteiger partial charge < -0.3 is 49.5 Å². The van der Waals surface area contributed by atoms with E-state index in [0.29, 0.717) is 16.7 Å². The van der Waals surface area contributed by atoms with Crippen molar-refractivity contribution in [2.24, 2.45) is 16.7 Å². The van der Waals surface area contributed by atoms with Gasteiger partial charge >= 0.3 is 11.9 Å². The molecule has 6 rings (SSSR count). The number of carbonyl (C=O) groups is 3. The van der Waals surface area contributed by atoms with Crippen molar-refractivity contribution in [2.45, 2.75) is 146 Å². The number of ether oxygens (including phenoxy) is 3. The number of benzene rings is 2. The molecule has 2 aromatic carbocycles. The fraction of sp³-hybridized carbons (Fsp3) is 0.614. The quantitative estimate of drug-likeness (QED) is 0.102. The van der Waals surface area contributed by atoms with Crippen molar-refractivity contribution in [3.05, 3.63) is 82.9 Å². The van der Waals surface area contributed by atoms with E-state index in [1.54, 1.807) is 88.4 Å². The van der Waals surface area contributed by atoms with Gasteiger partial charge in [0.15, 0.2) is 20.0 Å². The third-order valence-electron chi connectivity index (χ3n) is 14.5. The molecule has 1 amide bonds. The van der Waals surface area contributed by atoms with Gasteiger partial charge in [-0.1, -0.05) is 90.1 Å². The Morgan fingerprint density at radius 2 is 1.52 bits per heavy atom. The number of rotatable bonds is 12. The molecule has 1 heterocycles. The summed E-state index contributed by atoms with van der Waals surface area (Å²) in [5.74, 6) is -3.54. The largest absolute Gasteiger partial charge is 0.456 e. The van der Waals surface area contributed by atoms with Gasteiger partial charge in [0.2, 0.25) is 0 Å². The van der Waals surface area contributed by atoms with Crippen molar-refractivity contribution in [3.8, 4) is 0 Å². The van der Waals surface area contributed by atoms with Gasteiger partial charge in [0.25, 0.3) is 5.91 Å². The van der Waals surface area contributed by atoms with Crippen LogP contribution in [0, 0.1) is 16.7 Å². The number of nitrogens with one attached hydrogen (secondary N) is 1. The Labute approximate surface area is 341 Å². The number of fused-ring (bicyclic) bond motifs is 5. The number of amides is 1. The Bertz CT molecular complexity index is 1860. The van der Waals surface area contributed by atoms with E-state index in [1.807, 2.05) is 0 Å². The molecular formula is C44H61NO12Si. The van der Waals surface area contributed by atoms with E-state index < -0.39 is 103 Å². The third kappa shape index (κ3) is 6.96. The number of hydrogen-bond acceptors (Lipinski definition) is 12. The molecule has 0 aromatic heterocycles. The van der Waals surface area contributed by atoms with Crippen LogP contribution in [0.2, 0.25) is 18.1 Å². The van der Waals surface area contributed by atoms with Crippen LogP contribution in [0.1, 0.15) is 90.2 Å². The summed E-state index contributed by atoms with van der Waals surface area (Å²) in [5, 5.41) is 65.7. The summed E-state index contributed by atoms with van der Waals surface area (Å²) in [7, 11) is -2.43. The highest BCUT2D eigenvalue weighted by Crippen LogP contribution is 2.65. The average molecular weight is 824 g/mol. The molecule has 2 saturated carbocycles. The summed E-state index contributed by atoms with van der Waals surface area (Å²) < 4.78 is 25.3. The summed E-state index contributed by atoms with van der Waals surface area (Å²) in [6, 6.07) is 17.9. The Balaban J connectivity index is 1.43. The minimum Gasteiger partial charge on any atom is -0.456 e. The molecule has 2 aromatic rings. The van der Waals surface area contributed by atoms with E-state index in [9.17, 15) is 39.9 Å². The second-order valence-electron chi connectivity index (χ2n) is 17.6. The first-order chi connectivity index (χ1) is 27.3. The highest BCUT2D eigenvalue weighted by molar-refractivity contribution is 6.73. The van der Waals surface area contributed by atoms with E-state index in [4.69, 9.17) is 18.6 Å². The van der Waals surface area contributed by atoms with Crippen LogP contribution in [-0.2, 0) is 28.2 Å². The van der Waals surface area contributed by atoms with E-state index in [0.717, 1.165) is 18.1 Å². The first-order valence-corrected chi connectivity index (χ1v) is 23.1. The maximum Gasteiger partial charge on any atom is 0.338 e. The molecule has 13 nitrogen and oxygen atoms in total. The molecule has 6 N–H and O–H groups in total. The van der Waals surface area contributed by atoms with Crippen molar-refractivity contribution < 1.29 is 58.6 Å². The SMILES string of the molecule is CC[Si](CC)(CC)OC1C[C@H]2OC[C@@]2(OC(C)=O)C2[C@H](O)[C@]3(O)C[C@H](OC(=O)[C@H](O)[C@@H](NC(=O)c4ccccc4)c4ccccc4)C(C)=C([C@H](O)[C@H](O)[C@]12C)C3(C)C. The second kappa shape index (κ2) is 16.2. The third-order valence-corrected chi connectivity index (χ3v) is 19.2. The van der Waals surface area contributed by atoms with Gasteiger partial charge in [0, 0.05) is 42.1 Å². The van der Waals surface area contributed by atoms with Crippen LogP contribution in [0.25, 0.3) is 0 Å². The molecule has 0 spiro atoms. The fourth-order valence-corrected chi connectivity index (χ4v) is 13.7. The molecule has 58 heavy (non-hydrogen) atoms. The molecule has 3 fully saturated rings. The molecule has 2 unspecified atom stereocenters. The average Bonchev–Trinajstić information content (AvgIpc) is 3.20. The van der Waals surface area contributed by atoms with Crippen molar-refractivity contribution >= 4 is 26.2 Å². The molecule has 1 aliphatic heterocycles. The Kier molecular flexibility index (Phi) is 12.3. The molecule has 12 atom stereocenters. The summed E-state index contributed by atoms with van der Waals surface area (Å²) in [6.07, 6.45) is -9.99. The highest BCUT2D eigenvalue weighted by atomic mass is 28.4. The minimum atomic E-state index is -2.43. The summed E-state index contributed by atoms with van der Waals surface area (Å²) in [6.45, 7) is 14.0. The van der Waals surface area contributed by atoms with E-state index in [1.165, 1.54) is 6.92 Å². The maximum atomic E-state index is 14.1. The van der Waals surface area contributed by atoms with Crippen LogP contribution in [-0.4, -0.2) is 112 Å². The van der Waals surface area contributed by atoms with Gasteiger partial charge in [-0.2, -0.15) is 0 Å². The number of aliphatic hydroxyl groups excluding tert-OH is 4. The van der Waals surface area contributed by atoms with Gasteiger partial charge in [-0.3, -0.25) is 9.59 Å². The first kappa shape index (κ1) is 44.1. The summed E-state index contributed by atoms with van der Waals surface area (Å²) >= 11 is 0. The lowest BCUT2D eigenvalue weighted by atomic mass is 9.44. The van der Waals surface area contributed by atoms with Gasteiger partial charge in [-0.05, 0) is 53.9 Å². The zero-order chi connectivity index (χ0) is 42.6. The van der Waals surface area contributed by atoms with Gasteiger partial charge in [0.05, 0.1) is 31.0 Å². The van der Waals surface area contributed by atoms with Gasteiger partial charge in [0.1, 0.15) is 23.9 Å². The number of aliphatic hydroxyl groups is 5. The Morgan fingerprint density at radius 1 is 0.931 bits per heavy atom. The van der Waals surface area contributed by atoms with Gasteiger partial charge in [-0.25, -0.2) is 4.79 Å². The lowest BCUT2D eigenvalue weighted by molar-refractivity contribution is -0.364. The first-order valence-electron chi connectivity index (χ1n) is 20.5. The van der Waals surface area contributed by atoms with Crippen molar-refractivity contribution in [3.63, 3.8) is 0 Å². The lowest BCUT2D eigenvalue weighted by Gasteiger charge is -2.69. The van der Waals surface area contributed by atoms with E-state index in [-0.39, 0.29) is 25.0 Å². The monoisotopic (exact) mass is 823 g/mol. The normalized spacial score (nSPS) is 35.2. The smallest absolute Gasteiger partial charge is 0.338 e. The Morgan fingerprint density at radius 3 is 2.05 bits per heavy atom. The Hall–Kier alpha value is -3.47. The molecule has 4 aliphatic rings. The summed E-state index contributed by atoms with van der Waals surface area (Å²) in [4.78, 5) is 40.3. The highest BCUT2D eigenvalue weighted by Gasteiger charge is 2.77. The minimum absolute atomic E-state index is 0.125. The molecule has 3 aliphatic carbocycles. The fourth-order valence-electron chi connectivity index (χ4n) is 10.7. The predicted octanol–water partition coefficient (Wildman–Crippen LogP) is 4.12. The van der Waals surface area contributed by atoms with E-state index >= 15 is 0 Å². The molecule has 2 bridgehead atoms. The van der Waals surface area contributed by atoms with Crippen LogP contribution in [0.4, 0.5) is 0 Å². The van der Waals surface area contributed by atoms with Crippen LogP contribution < -0.4 is 5.32 Å². The van der Waals surface area contributed by atoms with Crippen LogP contribution >= 0.6 is 0 Å². The van der Waals surface area contributed by atoms with Crippen LogP contribution in [0.15, 0.2) is 71.8 Å². The predicted molar refractivity (Wildman–Crippen MR) is 216 cm³/mol. The second-order valence-corrected chi connectivity index (χ2v) is 22.3. The van der Waals surface area contributed by atoms with Crippen molar-refractivity contribution in [1.29, 1.82) is 0 Å². The zero-order valence-electron chi connectivity index (χ0n) is 34.8. The molecule has 1 saturated heterocycles. The maximum absolute atomic E-state index is 14.1. The van der Waals surface area contributed by atoms with Crippen molar-refractivity contribution in [1.82, 2.24) is 5.32 Å².